The Kier molecular flexibility index (Phi) is 5.62. The Morgan fingerprint density at radius 3 is 2.46 bits per heavy atom. The molecular weight excluding hydrogens is 376 g/mol. The first-order valence-corrected chi connectivity index (χ1v) is 10.6. The van der Waals surface area contributed by atoms with Crippen molar-refractivity contribution in [1.82, 2.24) is 19.3 Å². The van der Waals surface area contributed by atoms with Gasteiger partial charge in [0.25, 0.3) is 0 Å². The van der Waals surface area contributed by atoms with Gasteiger partial charge in [0.05, 0.1) is 22.7 Å². The third-order valence-corrected chi connectivity index (χ3v) is 6.16. The van der Waals surface area contributed by atoms with E-state index in [1.165, 1.54) is 6.92 Å². The second-order valence-electron chi connectivity index (χ2n) is 7.21. The van der Waals surface area contributed by atoms with Gasteiger partial charge in [-0.1, -0.05) is 26.0 Å². The van der Waals surface area contributed by atoms with Gasteiger partial charge in [-0.25, -0.2) is 18.1 Å². The van der Waals surface area contributed by atoms with Gasteiger partial charge >= 0.3 is 0 Å². The number of sulfonamides is 1. The van der Waals surface area contributed by atoms with Crippen molar-refractivity contribution in [1.29, 1.82) is 0 Å². The van der Waals surface area contributed by atoms with Crippen LogP contribution in [-0.2, 0) is 21.4 Å². The molecule has 8 heteroatoms. The van der Waals surface area contributed by atoms with Crippen LogP contribution in [0.1, 0.15) is 32.2 Å². The highest BCUT2D eigenvalue weighted by atomic mass is 32.2. The number of rotatable bonds is 7. The predicted molar refractivity (Wildman–Crippen MR) is 107 cm³/mol. The maximum absolute atomic E-state index is 12.6. The maximum atomic E-state index is 12.6. The summed E-state index contributed by atoms with van der Waals surface area (Å²) in [6.45, 7) is 7.51. The molecule has 1 unspecified atom stereocenters. The van der Waals surface area contributed by atoms with Crippen molar-refractivity contribution in [3.05, 3.63) is 54.1 Å². The van der Waals surface area contributed by atoms with Crippen LogP contribution in [0.25, 0.3) is 11.0 Å². The van der Waals surface area contributed by atoms with Gasteiger partial charge < -0.3 is 4.57 Å². The van der Waals surface area contributed by atoms with E-state index in [4.69, 9.17) is 0 Å². The molecule has 0 fully saturated rings. The molecule has 2 aromatic heterocycles. The molecule has 2 heterocycles. The van der Waals surface area contributed by atoms with E-state index in [2.05, 4.69) is 19.3 Å². The highest BCUT2D eigenvalue weighted by molar-refractivity contribution is 7.89. The van der Waals surface area contributed by atoms with E-state index in [1.807, 2.05) is 26.8 Å². The summed E-state index contributed by atoms with van der Waals surface area (Å²) < 4.78 is 29.8. The number of nitrogens with zero attached hydrogens (tertiary/aromatic N) is 3. The minimum Gasteiger partial charge on any atom is -0.324 e. The fourth-order valence-electron chi connectivity index (χ4n) is 3.18. The van der Waals surface area contributed by atoms with Gasteiger partial charge in [0.1, 0.15) is 17.1 Å². The molecule has 7 nitrogen and oxygen atoms in total. The molecule has 0 aliphatic heterocycles. The van der Waals surface area contributed by atoms with Crippen molar-refractivity contribution < 1.29 is 13.2 Å². The van der Waals surface area contributed by atoms with Gasteiger partial charge in [0.2, 0.25) is 10.0 Å². The van der Waals surface area contributed by atoms with Crippen LogP contribution in [0.5, 0.6) is 0 Å². The summed E-state index contributed by atoms with van der Waals surface area (Å²) in [6.07, 6.45) is 3.45. The molecule has 0 aliphatic rings. The quantitative estimate of drug-likeness (QED) is 0.658. The molecule has 148 valence electrons. The first-order valence-electron chi connectivity index (χ1n) is 9.07. The topological polar surface area (TPSA) is 94.0 Å². The standard InChI is InChI=1S/C20H24N4O3S/c1-13(2)20(14(3)25)23-28(26,27)17-7-5-16(6-8-17)12-24-15(4)22-18-11-21-10-9-19(18)24/h5-11,13,20,23H,12H2,1-4H3. The number of carbonyl (C=O) groups is 1. The molecule has 0 bridgehead atoms. The number of carbonyl (C=O) groups excluding carboxylic acids is 1. The number of aryl methyl sites for hydroxylation is 1. The molecule has 0 spiro atoms. The zero-order valence-electron chi connectivity index (χ0n) is 16.4. The monoisotopic (exact) mass is 400 g/mol. The second kappa shape index (κ2) is 7.81. The third-order valence-electron chi connectivity index (χ3n) is 4.70. The van der Waals surface area contributed by atoms with E-state index in [-0.39, 0.29) is 16.6 Å². The lowest BCUT2D eigenvalue weighted by Gasteiger charge is -2.19. The number of ketones is 1. The lowest BCUT2D eigenvalue weighted by Crippen LogP contribution is -2.43. The van der Waals surface area contributed by atoms with Gasteiger partial charge in [-0.15, -0.1) is 0 Å². The minimum atomic E-state index is -3.77. The number of pyridine rings is 1. The van der Waals surface area contributed by atoms with Crippen LogP contribution in [0.3, 0.4) is 0 Å². The van der Waals surface area contributed by atoms with Gasteiger partial charge in [-0.2, -0.15) is 0 Å². The van der Waals surface area contributed by atoms with E-state index in [0.717, 1.165) is 22.4 Å². The molecule has 1 aromatic carbocycles. The fourth-order valence-corrected chi connectivity index (χ4v) is 4.58. The van der Waals surface area contributed by atoms with E-state index in [0.29, 0.717) is 6.54 Å². The van der Waals surface area contributed by atoms with Crippen molar-refractivity contribution in [3.63, 3.8) is 0 Å². The molecule has 0 aliphatic carbocycles. The van der Waals surface area contributed by atoms with Crippen LogP contribution in [-0.4, -0.2) is 34.8 Å². The summed E-state index contributed by atoms with van der Waals surface area (Å²) in [5.74, 6) is 0.535. The van der Waals surface area contributed by atoms with Crippen LogP contribution >= 0.6 is 0 Å². The van der Waals surface area contributed by atoms with Crippen molar-refractivity contribution in [2.45, 2.75) is 45.2 Å². The summed E-state index contributed by atoms with van der Waals surface area (Å²) in [5, 5.41) is 0. The van der Waals surface area contributed by atoms with E-state index in [1.54, 1.807) is 36.7 Å². The Morgan fingerprint density at radius 2 is 1.86 bits per heavy atom. The minimum absolute atomic E-state index is 0.126. The molecule has 1 N–H and O–H groups in total. The Bertz CT molecular complexity index is 1100. The third kappa shape index (κ3) is 4.13. The van der Waals surface area contributed by atoms with E-state index < -0.39 is 16.1 Å². The zero-order chi connectivity index (χ0) is 20.5. The Morgan fingerprint density at radius 1 is 1.18 bits per heavy atom. The fraction of sp³-hybridized carbons (Fsp3) is 0.350. The molecule has 1 atom stereocenters. The first kappa shape index (κ1) is 20.2. The van der Waals surface area contributed by atoms with Gasteiger partial charge in [-0.05, 0) is 43.5 Å². The molecule has 0 radical (unpaired) electrons. The lowest BCUT2D eigenvalue weighted by molar-refractivity contribution is -0.119. The predicted octanol–water partition coefficient (Wildman–Crippen LogP) is 2.68. The maximum Gasteiger partial charge on any atom is 0.241 e. The summed E-state index contributed by atoms with van der Waals surface area (Å²) in [7, 11) is -3.77. The highest BCUT2D eigenvalue weighted by Crippen LogP contribution is 2.18. The Balaban J connectivity index is 1.83. The molecule has 28 heavy (non-hydrogen) atoms. The van der Waals surface area contributed by atoms with E-state index in [9.17, 15) is 13.2 Å². The second-order valence-corrected chi connectivity index (χ2v) is 8.92. The van der Waals surface area contributed by atoms with Crippen molar-refractivity contribution in [3.8, 4) is 0 Å². The lowest BCUT2D eigenvalue weighted by atomic mass is 10.0. The number of nitrogens with one attached hydrogen (secondary N) is 1. The Labute approximate surface area is 164 Å². The van der Waals surface area contributed by atoms with Gasteiger partial charge in [0.15, 0.2) is 0 Å². The molecule has 0 saturated carbocycles. The van der Waals surface area contributed by atoms with Crippen molar-refractivity contribution in [2.24, 2.45) is 5.92 Å². The number of Topliss-reactive ketones (excluding diaryl/α,β-unsaturated/α-hetero) is 1. The molecule has 0 saturated heterocycles. The number of imidazole rings is 1. The van der Waals surface area contributed by atoms with E-state index >= 15 is 0 Å². The van der Waals surface area contributed by atoms with Crippen LogP contribution in [0.2, 0.25) is 0 Å². The number of hydrogen-bond donors (Lipinski definition) is 1. The van der Waals surface area contributed by atoms with Crippen molar-refractivity contribution >= 4 is 26.8 Å². The smallest absolute Gasteiger partial charge is 0.241 e. The number of benzene rings is 1. The van der Waals surface area contributed by atoms with Gasteiger partial charge in [-0.3, -0.25) is 9.78 Å². The number of aromatic nitrogens is 3. The largest absolute Gasteiger partial charge is 0.324 e. The average molecular weight is 401 g/mol. The van der Waals surface area contributed by atoms with Gasteiger partial charge in [0, 0.05) is 12.7 Å². The summed E-state index contributed by atoms with van der Waals surface area (Å²) in [5.41, 5.74) is 2.75. The van der Waals surface area contributed by atoms with Crippen LogP contribution in [0, 0.1) is 12.8 Å². The molecular formula is C20H24N4O3S. The van der Waals surface area contributed by atoms with Crippen LogP contribution in [0.4, 0.5) is 0 Å². The molecule has 0 amide bonds. The normalized spacial score (nSPS) is 13.2. The number of hydrogen-bond acceptors (Lipinski definition) is 5. The van der Waals surface area contributed by atoms with Crippen molar-refractivity contribution in [2.75, 3.05) is 0 Å². The first-order chi connectivity index (χ1) is 13.2. The summed E-state index contributed by atoms with van der Waals surface area (Å²) in [4.78, 5) is 20.4. The summed E-state index contributed by atoms with van der Waals surface area (Å²) in [6, 6.07) is 7.85. The Hall–Kier alpha value is -2.58. The summed E-state index contributed by atoms with van der Waals surface area (Å²) >= 11 is 0. The van der Waals surface area contributed by atoms with Crippen LogP contribution < -0.4 is 4.72 Å². The molecule has 3 aromatic rings. The molecule has 3 rings (SSSR count). The highest BCUT2D eigenvalue weighted by Gasteiger charge is 2.25. The SMILES string of the molecule is CC(=O)C(NS(=O)(=O)c1ccc(Cn2c(C)nc3cnccc32)cc1)C(C)C. The van der Waals surface area contributed by atoms with Crippen LogP contribution in [0.15, 0.2) is 47.6 Å². The average Bonchev–Trinajstić information content (AvgIpc) is 2.95. The zero-order valence-corrected chi connectivity index (χ0v) is 17.2. The number of fused-ring (bicyclic) bond motifs is 1.